The molecule has 0 aromatic heterocycles. The maximum atomic E-state index is 14.4. The number of aliphatic hydroxyl groups is 1. The van der Waals surface area contributed by atoms with Crippen LogP contribution in [-0.4, -0.2) is 147 Å². The van der Waals surface area contributed by atoms with E-state index in [1.165, 1.54) is 21.3 Å². The second-order valence-electron chi connectivity index (χ2n) is 16.2. The van der Waals surface area contributed by atoms with Crippen LogP contribution < -0.4 is 16.0 Å². The second kappa shape index (κ2) is 24.4. The summed E-state index contributed by atoms with van der Waals surface area (Å²) in [6, 6.07) is 5.45. The summed E-state index contributed by atoms with van der Waals surface area (Å²) in [4.78, 5) is 73.7. The molecule has 0 aliphatic carbocycles. The molecule has 4 N–H and O–H groups in total. The number of carbonyl (C=O) groups is 5. The molecule has 1 saturated heterocycles. The SMILES string of the molecule is [2H]C([2H])([2H])N(C)[C@H](C(=O)N[C@H](C(=O)N(C)[C@@H]([C@@H](C)CC)[C@@H](CC(=O)N1CCC[C@H]1[C@H](OC)[C@@H](C)C(=O)N[C@@H](Cc1ccccc1)C(=O)NCCCO)OC)C(C)C)C(C)C. The minimum atomic E-state index is -2.52. The van der Waals surface area contributed by atoms with Gasteiger partial charge in [0.1, 0.15) is 12.1 Å². The van der Waals surface area contributed by atoms with Gasteiger partial charge in [0.05, 0.1) is 42.7 Å². The number of likely N-dealkylation sites (N-methyl/N-ethyl adjacent to an activating group) is 2. The molecule has 0 bridgehead atoms. The van der Waals surface area contributed by atoms with E-state index in [1.807, 2.05) is 58.0 Å². The van der Waals surface area contributed by atoms with Crippen molar-refractivity contribution in [3.8, 4) is 0 Å². The highest BCUT2D eigenvalue weighted by atomic mass is 16.5. The molecule has 5 amide bonds. The van der Waals surface area contributed by atoms with E-state index >= 15 is 0 Å². The third-order valence-electron chi connectivity index (χ3n) is 11.4. The average molecular weight is 806 g/mol. The van der Waals surface area contributed by atoms with Crippen molar-refractivity contribution in [3.05, 3.63) is 35.9 Å². The van der Waals surface area contributed by atoms with Crippen LogP contribution in [0.2, 0.25) is 0 Å². The van der Waals surface area contributed by atoms with Gasteiger partial charge >= 0.3 is 0 Å². The third-order valence-corrected chi connectivity index (χ3v) is 11.4. The molecule has 1 aromatic carbocycles. The van der Waals surface area contributed by atoms with Crippen molar-refractivity contribution in [3.63, 3.8) is 0 Å². The lowest BCUT2D eigenvalue weighted by Gasteiger charge is -2.41. The number of methoxy groups -OCH3 is 2. The zero-order chi connectivity index (χ0) is 45.5. The molecule has 57 heavy (non-hydrogen) atoms. The van der Waals surface area contributed by atoms with Crippen LogP contribution in [0.1, 0.15) is 90.2 Å². The Morgan fingerprint density at radius 2 is 1.61 bits per heavy atom. The summed E-state index contributed by atoms with van der Waals surface area (Å²) in [5.41, 5.74) is 0.863. The summed E-state index contributed by atoms with van der Waals surface area (Å²) >= 11 is 0. The van der Waals surface area contributed by atoms with Crippen LogP contribution in [0.25, 0.3) is 0 Å². The van der Waals surface area contributed by atoms with Crippen molar-refractivity contribution in [1.29, 1.82) is 0 Å². The van der Waals surface area contributed by atoms with Crippen molar-refractivity contribution >= 4 is 29.5 Å². The Morgan fingerprint density at radius 1 is 0.947 bits per heavy atom. The van der Waals surface area contributed by atoms with Gasteiger partial charge in [0.2, 0.25) is 29.5 Å². The maximum Gasteiger partial charge on any atom is 0.245 e. The molecule has 14 heteroatoms. The fraction of sp³-hybridized carbons (Fsp3) is 0.744. The Balaban J connectivity index is 2.32. The van der Waals surface area contributed by atoms with Crippen molar-refractivity contribution < 1.29 is 42.7 Å². The number of carbonyl (C=O) groups excluding carboxylic acids is 5. The van der Waals surface area contributed by atoms with Crippen LogP contribution in [0, 0.1) is 23.7 Å². The number of hydrogen-bond donors (Lipinski definition) is 4. The zero-order valence-electron chi connectivity index (χ0n) is 39.2. The normalized spacial score (nSPS) is 19.7. The predicted octanol–water partition coefficient (Wildman–Crippen LogP) is 2.86. The Bertz CT molecular complexity index is 1520. The second-order valence-corrected chi connectivity index (χ2v) is 16.2. The smallest absolute Gasteiger partial charge is 0.245 e. The first-order chi connectivity index (χ1) is 28.2. The predicted molar refractivity (Wildman–Crippen MR) is 222 cm³/mol. The van der Waals surface area contributed by atoms with Gasteiger partial charge < -0.3 is 40.3 Å². The van der Waals surface area contributed by atoms with E-state index in [0.29, 0.717) is 32.2 Å². The molecule has 9 atom stereocenters. The average Bonchev–Trinajstić information content (AvgIpc) is 3.68. The molecule has 0 unspecified atom stereocenters. The van der Waals surface area contributed by atoms with Crippen molar-refractivity contribution in [2.75, 3.05) is 55.0 Å². The van der Waals surface area contributed by atoms with Gasteiger partial charge in [-0.2, -0.15) is 0 Å². The monoisotopic (exact) mass is 806 g/mol. The fourth-order valence-corrected chi connectivity index (χ4v) is 7.98. The molecule has 1 aromatic rings. The highest BCUT2D eigenvalue weighted by Gasteiger charge is 2.43. The molecule has 0 spiro atoms. The lowest BCUT2D eigenvalue weighted by atomic mass is 9.89. The first kappa shape index (κ1) is 44.5. The number of hydrogen-bond acceptors (Lipinski definition) is 9. The van der Waals surface area contributed by atoms with Crippen LogP contribution >= 0.6 is 0 Å². The largest absolute Gasteiger partial charge is 0.396 e. The number of aliphatic hydroxyl groups excluding tert-OH is 1. The van der Waals surface area contributed by atoms with E-state index in [0.717, 1.165) is 10.5 Å². The molecular weight excluding hydrogens is 729 g/mol. The topological polar surface area (TPSA) is 170 Å². The van der Waals surface area contributed by atoms with E-state index in [2.05, 4.69) is 16.0 Å². The van der Waals surface area contributed by atoms with Gasteiger partial charge in [-0.15, -0.1) is 0 Å². The van der Waals surface area contributed by atoms with Gasteiger partial charge in [0.25, 0.3) is 0 Å². The fourth-order valence-electron chi connectivity index (χ4n) is 7.98. The molecule has 324 valence electrons. The lowest BCUT2D eigenvalue weighted by molar-refractivity contribution is -0.148. The van der Waals surface area contributed by atoms with Crippen molar-refractivity contribution in [2.45, 2.75) is 129 Å². The van der Waals surface area contributed by atoms with E-state index in [1.54, 1.807) is 37.6 Å². The number of ether oxygens (including phenoxy) is 2. The first-order valence-electron chi connectivity index (χ1n) is 22.0. The van der Waals surface area contributed by atoms with E-state index in [-0.39, 0.29) is 61.5 Å². The third kappa shape index (κ3) is 14.0. The zero-order valence-corrected chi connectivity index (χ0v) is 36.2. The molecular formula is C43H74N6O8. The Hall–Kier alpha value is -3.59. The summed E-state index contributed by atoms with van der Waals surface area (Å²) in [6.07, 6.45) is 1.06. The van der Waals surface area contributed by atoms with Crippen LogP contribution in [0.4, 0.5) is 0 Å². The molecule has 2 rings (SSSR count). The summed E-state index contributed by atoms with van der Waals surface area (Å²) in [5.74, 6) is -3.52. The molecule has 14 nitrogen and oxygen atoms in total. The van der Waals surface area contributed by atoms with Crippen LogP contribution in [0.15, 0.2) is 30.3 Å². The van der Waals surface area contributed by atoms with Crippen LogP contribution in [0.3, 0.4) is 0 Å². The molecule has 0 radical (unpaired) electrons. The lowest BCUT2D eigenvalue weighted by Crippen LogP contribution is -2.59. The molecule has 1 heterocycles. The molecule has 1 fully saturated rings. The van der Waals surface area contributed by atoms with E-state index < -0.39 is 67.1 Å². The van der Waals surface area contributed by atoms with Crippen LogP contribution in [-0.2, 0) is 39.9 Å². The summed E-state index contributed by atoms with van der Waals surface area (Å²) in [5, 5.41) is 17.8. The number of nitrogens with zero attached hydrogens (tertiary/aromatic N) is 3. The summed E-state index contributed by atoms with van der Waals surface area (Å²) in [6.45, 7) is 10.9. The van der Waals surface area contributed by atoms with Crippen molar-refractivity contribution in [1.82, 2.24) is 30.7 Å². The van der Waals surface area contributed by atoms with Gasteiger partial charge in [0, 0.05) is 51.5 Å². The quantitative estimate of drug-likeness (QED) is 0.115. The molecule has 0 saturated carbocycles. The highest BCUT2D eigenvalue weighted by molar-refractivity contribution is 5.90. The van der Waals surface area contributed by atoms with E-state index in [4.69, 9.17) is 13.6 Å². The van der Waals surface area contributed by atoms with Gasteiger partial charge in [0.15, 0.2) is 0 Å². The highest BCUT2D eigenvalue weighted by Crippen LogP contribution is 2.30. The van der Waals surface area contributed by atoms with Gasteiger partial charge in [-0.1, -0.05) is 85.2 Å². The molecule has 1 aliphatic rings. The van der Waals surface area contributed by atoms with Gasteiger partial charge in [-0.05, 0) is 56.6 Å². The maximum absolute atomic E-state index is 14.4. The van der Waals surface area contributed by atoms with E-state index in [9.17, 15) is 29.1 Å². The first-order valence-corrected chi connectivity index (χ1v) is 20.5. The standard InChI is InChI=1S/C43H74N6O8/c1-13-29(6)38(48(10)43(55)36(27(2)3)46-42(54)37(28(4)5)47(8)9)34(56-11)26-35(51)49-23-17-21-33(49)39(57-12)30(7)40(52)45-32(41(53)44-22-18-24-50)25-31-19-15-14-16-20-31/h14-16,19-20,27-30,32-34,36-39,50H,13,17-18,21-26H2,1-12H3,(H,44,53)(H,45,52)(H,46,54)/t29-,30+,32-,33-,34+,36-,37-,38-,39+/m0/s1/i8D3. The number of rotatable bonds is 24. The Kier molecular flexibility index (Phi) is 19.0. The Labute approximate surface area is 346 Å². The summed E-state index contributed by atoms with van der Waals surface area (Å²) in [7, 11) is 6.02. The van der Waals surface area contributed by atoms with Crippen molar-refractivity contribution in [2.24, 2.45) is 23.7 Å². The minimum Gasteiger partial charge on any atom is -0.396 e. The Morgan fingerprint density at radius 3 is 2.16 bits per heavy atom. The number of amides is 5. The minimum absolute atomic E-state index is 0.0682. The van der Waals surface area contributed by atoms with Crippen LogP contribution in [0.5, 0.6) is 0 Å². The number of nitrogens with one attached hydrogen (secondary N) is 3. The van der Waals surface area contributed by atoms with Gasteiger partial charge in [-0.25, -0.2) is 0 Å². The number of benzene rings is 1. The summed E-state index contributed by atoms with van der Waals surface area (Å²) < 4.78 is 35.6. The molecule has 1 aliphatic heterocycles. The van der Waals surface area contributed by atoms with Gasteiger partial charge in [-0.3, -0.25) is 28.9 Å². The number of likely N-dealkylation sites (tertiary alicyclic amines) is 1.